The molecule has 0 amide bonds. The first-order valence-corrected chi connectivity index (χ1v) is 11.9. The Balaban J connectivity index is 1.73. The highest BCUT2D eigenvalue weighted by molar-refractivity contribution is 7.91. The number of imidazole rings is 1. The van der Waals surface area contributed by atoms with Gasteiger partial charge in [-0.05, 0) is 48.7 Å². The lowest BCUT2D eigenvalue weighted by Gasteiger charge is -2.16. The number of nitrogens with zero attached hydrogens (tertiary/aromatic N) is 1. The van der Waals surface area contributed by atoms with E-state index in [-0.39, 0.29) is 22.3 Å². The number of Topliss-reactive ketones (excluding diaryl/α,β-unsaturated/α-hetero) is 1. The van der Waals surface area contributed by atoms with E-state index < -0.39 is 15.8 Å². The number of sulfone groups is 1. The van der Waals surface area contributed by atoms with E-state index in [1.165, 1.54) is 0 Å². The summed E-state index contributed by atoms with van der Waals surface area (Å²) in [6, 6.07) is 21.5. The molecule has 0 spiro atoms. The Morgan fingerprint density at radius 3 is 2.39 bits per heavy atom. The number of aryl methyl sites for hydroxylation is 2. The third kappa shape index (κ3) is 4.44. The quantitative estimate of drug-likeness (QED) is 0.422. The molecular formula is C25H24N2O3S. The average molecular weight is 433 g/mol. The molecule has 0 aliphatic carbocycles. The topological polar surface area (TPSA) is 79.9 Å². The largest absolute Gasteiger partial charge is 0.335 e. The number of carbonyl (C=O) groups excluding carboxylic acids is 1. The van der Waals surface area contributed by atoms with Crippen LogP contribution in [0.15, 0.2) is 77.7 Å². The molecule has 1 aromatic heterocycles. The molecule has 1 heterocycles. The monoisotopic (exact) mass is 432 g/mol. The van der Waals surface area contributed by atoms with Crippen molar-refractivity contribution in [2.75, 3.05) is 5.75 Å². The van der Waals surface area contributed by atoms with E-state index in [1.807, 2.05) is 31.2 Å². The number of nitrogens with one attached hydrogen (secondary N) is 1. The summed E-state index contributed by atoms with van der Waals surface area (Å²) in [6.45, 7) is 3.96. The molecule has 0 bridgehead atoms. The molecule has 5 nitrogen and oxygen atoms in total. The standard InChI is InChI=1S/C25H24N2O3S/c1-3-18-11-14-22-23(15-18)27-25(26-22)24(28)21(19-7-5-4-6-8-19)16-31(29,30)20-12-9-17(2)10-13-20/h4-15,21H,3,16H2,1-2H3,(H,26,27). The summed E-state index contributed by atoms with van der Waals surface area (Å²) in [6.07, 6.45) is 0.875. The van der Waals surface area contributed by atoms with E-state index in [4.69, 9.17) is 0 Å². The van der Waals surface area contributed by atoms with Crippen molar-refractivity contribution in [2.45, 2.75) is 31.1 Å². The van der Waals surface area contributed by atoms with Crippen LogP contribution in [0.1, 0.15) is 40.2 Å². The van der Waals surface area contributed by atoms with Crippen molar-refractivity contribution in [3.63, 3.8) is 0 Å². The van der Waals surface area contributed by atoms with Crippen molar-refractivity contribution >= 4 is 26.7 Å². The number of benzene rings is 3. The van der Waals surface area contributed by atoms with Gasteiger partial charge in [0.1, 0.15) is 0 Å². The smallest absolute Gasteiger partial charge is 0.206 e. The molecule has 0 aliphatic heterocycles. The number of rotatable bonds is 7. The second-order valence-corrected chi connectivity index (χ2v) is 9.75. The molecule has 0 aliphatic rings. The molecule has 0 saturated carbocycles. The fraction of sp³-hybridized carbons (Fsp3) is 0.200. The van der Waals surface area contributed by atoms with Gasteiger partial charge in [0.15, 0.2) is 15.7 Å². The molecule has 6 heteroatoms. The van der Waals surface area contributed by atoms with E-state index >= 15 is 0 Å². The van der Waals surface area contributed by atoms with Crippen LogP contribution in [0, 0.1) is 6.92 Å². The van der Waals surface area contributed by atoms with Crippen LogP contribution in [0.25, 0.3) is 11.0 Å². The molecule has 31 heavy (non-hydrogen) atoms. The first-order valence-electron chi connectivity index (χ1n) is 10.2. The number of carbonyl (C=O) groups is 1. The van der Waals surface area contributed by atoms with Gasteiger partial charge in [0, 0.05) is 0 Å². The molecule has 4 rings (SSSR count). The van der Waals surface area contributed by atoms with Crippen molar-refractivity contribution in [1.82, 2.24) is 9.97 Å². The third-order valence-corrected chi connectivity index (χ3v) is 7.24. The van der Waals surface area contributed by atoms with Crippen molar-refractivity contribution in [2.24, 2.45) is 0 Å². The van der Waals surface area contributed by atoms with E-state index in [9.17, 15) is 13.2 Å². The molecule has 0 radical (unpaired) electrons. The molecule has 158 valence electrons. The number of aromatic nitrogens is 2. The van der Waals surface area contributed by atoms with Crippen LogP contribution in [0.3, 0.4) is 0 Å². The predicted octanol–water partition coefficient (Wildman–Crippen LogP) is 4.87. The molecule has 0 saturated heterocycles. The number of ketones is 1. The van der Waals surface area contributed by atoms with Crippen LogP contribution < -0.4 is 0 Å². The summed E-state index contributed by atoms with van der Waals surface area (Å²) in [4.78, 5) is 21.2. The summed E-state index contributed by atoms with van der Waals surface area (Å²) < 4.78 is 26.3. The van der Waals surface area contributed by atoms with Crippen molar-refractivity contribution in [1.29, 1.82) is 0 Å². The minimum Gasteiger partial charge on any atom is -0.335 e. The summed E-state index contributed by atoms with van der Waals surface area (Å²) in [5.74, 6) is -1.35. The fourth-order valence-electron chi connectivity index (χ4n) is 3.63. The molecule has 3 aromatic carbocycles. The van der Waals surface area contributed by atoms with Gasteiger partial charge in [-0.2, -0.15) is 0 Å². The van der Waals surface area contributed by atoms with Crippen LogP contribution in [-0.4, -0.2) is 29.9 Å². The Bertz CT molecular complexity index is 1320. The fourth-order valence-corrected chi connectivity index (χ4v) is 5.15. The molecule has 4 aromatic rings. The predicted molar refractivity (Wildman–Crippen MR) is 122 cm³/mol. The van der Waals surface area contributed by atoms with Crippen LogP contribution in [0.4, 0.5) is 0 Å². The Morgan fingerprint density at radius 1 is 1.00 bits per heavy atom. The summed E-state index contributed by atoms with van der Waals surface area (Å²) in [5.41, 5.74) is 4.22. The maximum atomic E-state index is 13.5. The maximum Gasteiger partial charge on any atom is 0.206 e. The third-order valence-electron chi connectivity index (χ3n) is 5.47. The van der Waals surface area contributed by atoms with Gasteiger partial charge >= 0.3 is 0 Å². The lowest BCUT2D eigenvalue weighted by molar-refractivity contribution is 0.0958. The van der Waals surface area contributed by atoms with Crippen molar-refractivity contribution < 1.29 is 13.2 Å². The summed E-state index contributed by atoms with van der Waals surface area (Å²) >= 11 is 0. The maximum absolute atomic E-state index is 13.5. The van der Waals surface area contributed by atoms with Crippen molar-refractivity contribution in [3.8, 4) is 0 Å². The Labute approximate surface area is 182 Å². The summed E-state index contributed by atoms with van der Waals surface area (Å²) in [7, 11) is -3.68. The minimum absolute atomic E-state index is 0.177. The van der Waals surface area contributed by atoms with Crippen LogP contribution in [-0.2, 0) is 16.3 Å². The van der Waals surface area contributed by atoms with Crippen LogP contribution >= 0.6 is 0 Å². The lowest BCUT2D eigenvalue weighted by atomic mass is 9.96. The summed E-state index contributed by atoms with van der Waals surface area (Å²) in [5, 5.41) is 0. The van der Waals surface area contributed by atoms with Crippen molar-refractivity contribution in [3.05, 3.63) is 95.3 Å². The molecular weight excluding hydrogens is 408 g/mol. The minimum atomic E-state index is -3.68. The van der Waals surface area contributed by atoms with Crippen LogP contribution in [0.2, 0.25) is 0 Å². The number of hydrogen-bond donors (Lipinski definition) is 1. The van der Waals surface area contributed by atoms with Gasteiger partial charge in [0.2, 0.25) is 5.78 Å². The number of fused-ring (bicyclic) bond motifs is 1. The second kappa shape index (κ2) is 8.47. The normalized spacial score (nSPS) is 12.7. The van der Waals surface area contributed by atoms with Gasteiger partial charge in [0.25, 0.3) is 0 Å². The Kier molecular flexibility index (Phi) is 5.74. The van der Waals surface area contributed by atoms with E-state index in [0.29, 0.717) is 11.1 Å². The molecule has 1 N–H and O–H groups in total. The molecule has 1 atom stereocenters. The average Bonchev–Trinajstić information content (AvgIpc) is 3.21. The first kappa shape index (κ1) is 21.0. The van der Waals surface area contributed by atoms with Crippen LogP contribution in [0.5, 0.6) is 0 Å². The van der Waals surface area contributed by atoms with Gasteiger partial charge in [0.05, 0.1) is 27.6 Å². The van der Waals surface area contributed by atoms with E-state index in [1.54, 1.807) is 48.5 Å². The van der Waals surface area contributed by atoms with E-state index in [2.05, 4.69) is 16.9 Å². The lowest BCUT2D eigenvalue weighted by Crippen LogP contribution is -2.23. The highest BCUT2D eigenvalue weighted by atomic mass is 32.2. The SMILES string of the molecule is CCc1ccc2nc(C(=O)C(CS(=O)(=O)c3ccc(C)cc3)c3ccccc3)[nH]c2c1. The number of hydrogen-bond acceptors (Lipinski definition) is 4. The number of aromatic amines is 1. The Hall–Kier alpha value is -3.25. The zero-order valence-corrected chi connectivity index (χ0v) is 18.3. The van der Waals surface area contributed by atoms with Gasteiger partial charge in [-0.15, -0.1) is 0 Å². The highest BCUT2D eigenvalue weighted by Crippen LogP contribution is 2.26. The zero-order valence-electron chi connectivity index (χ0n) is 17.5. The van der Waals surface area contributed by atoms with Gasteiger partial charge in [-0.3, -0.25) is 4.79 Å². The molecule has 1 unspecified atom stereocenters. The highest BCUT2D eigenvalue weighted by Gasteiger charge is 2.30. The van der Waals surface area contributed by atoms with Gasteiger partial charge in [-0.1, -0.05) is 61.0 Å². The Morgan fingerprint density at radius 2 is 1.71 bits per heavy atom. The van der Waals surface area contributed by atoms with Gasteiger partial charge < -0.3 is 4.98 Å². The van der Waals surface area contributed by atoms with E-state index in [0.717, 1.165) is 23.1 Å². The van der Waals surface area contributed by atoms with Gasteiger partial charge in [-0.25, -0.2) is 13.4 Å². The first-order chi connectivity index (χ1) is 14.9. The second-order valence-electron chi connectivity index (χ2n) is 7.71. The molecule has 0 fully saturated rings. The number of H-pyrrole nitrogens is 1. The zero-order chi connectivity index (χ0) is 22.0.